The Morgan fingerprint density at radius 2 is 2.25 bits per heavy atom. The number of amides is 1. The molecule has 1 aliphatic heterocycles. The van der Waals surface area contributed by atoms with Gasteiger partial charge in [-0.1, -0.05) is 23.7 Å². The van der Waals surface area contributed by atoms with Gasteiger partial charge in [-0.2, -0.15) is 5.10 Å². The highest BCUT2D eigenvalue weighted by Crippen LogP contribution is 2.49. The lowest BCUT2D eigenvalue weighted by atomic mass is 10.0. The van der Waals surface area contributed by atoms with Gasteiger partial charge in [0.1, 0.15) is 0 Å². The van der Waals surface area contributed by atoms with Crippen LogP contribution in [0.25, 0.3) is 0 Å². The molecule has 1 amide bonds. The molecule has 0 unspecified atom stereocenters. The van der Waals surface area contributed by atoms with E-state index in [9.17, 15) is 4.79 Å². The van der Waals surface area contributed by atoms with Crippen LogP contribution in [0.1, 0.15) is 42.3 Å². The van der Waals surface area contributed by atoms with Gasteiger partial charge in [0.05, 0.1) is 12.2 Å². The first-order valence-corrected chi connectivity index (χ1v) is 9.04. The van der Waals surface area contributed by atoms with Gasteiger partial charge in [0.15, 0.2) is 0 Å². The van der Waals surface area contributed by atoms with Gasteiger partial charge >= 0.3 is 0 Å². The molecule has 2 heterocycles. The monoisotopic (exact) mass is 343 g/mol. The third kappa shape index (κ3) is 3.07. The van der Waals surface area contributed by atoms with Gasteiger partial charge in [0.25, 0.3) is 0 Å². The number of benzene rings is 1. The van der Waals surface area contributed by atoms with Crippen molar-refractivity contribution in [3.63, 3.8) is 0 Å². The fourth-order valence-corrected chi connectivity index (χ4v) is 4.01. The third-order valence-corrected chi connectivity index (χ3v) is 5.43. The number of aromatic nitrogens is 2. The van der Waals surface area contributed by atoms with Gasteiger partial charge in [-0.3, -0.25) is 9.48 Å². The molecule has 5 heteroatoms. The normalized spacial score (nSPS) is 26.4. The first kappa shape index (κ1) is 15.7. The SMILES string of the molecule is Cc1cnn([C@@H]2CCCN(C(=O)[C@H]3C[C@@H]3c3cccc(Cl)c3)C2)c1. The summed E-state index contributed by atoms with van der Waals surface area (Å²) in [6.07, 6.45) is 7.04. The number of carbonyl (C=O) groups is 1. The molecule has 4 nitrogen and oxygen atoms in total. The van der Waals surface area contributed by atoms with E-state index in [1.807, 2.05) is 34.0 Å². The number of carbonyl (C=O) groups excluding carboxylic acids is 1. The van der Waals surface area contributed by atoms with Crippen LogP contribution in [0.5, 0.6) is 0 Å². The van der Waals surface area contributed by atoms with Crippen LogP contribution in [-0.2, 0) is 4.79 Å². The van der Waals surface area contributed by atoms with Crippen molar-refractivity contribution >= 4 is 17.5 Å². The van der Waals surface area contributed by atoms with Crippen molar-refractivity contribution in [3.05, 3.63) is 52.8 Å². The summed E-state index contributed by atoms with van der Waals surface area (Å²) in [5, 5.41) is 5.18. The summed E-state index contributed by atoms with van der Waals surface area (Å²) in [6, 6.07) is 8.22. The summed E-state index contributed by atoms with van der Waals surface area (Å²) in [4.78, 5) is 14.9. The van der Waals surface area contributed by atoms with Gasteiger partial charge in [0, 0.05) is 30.2 Å². The molecular weight excluding hydrogens is 322 g/mol. The zero-order valence-corrected chi connectivity index (χ0v) is 14.6. The Morgan fingerprint density at radius 3 is 3.00 bits per heavy atom. The molecule has 1 saturated heterocycles. The van der Waals surface area contributed by atoms with Gasteiger partial charge in [-0.15, -0.1) is 0 Å². The summed E-state index contributed by atoms with van der Waals surface area (Å²) in [6.45, 7) is 3.70. The van der Waals surface area contributed by atoms with Crippen LogP contribution in [0, 0.1) is 12.8 Å². The molecular formula is C19H22ClN3O. The van der Waals surface area contributed by atoms with Crippen LogP contribution in [0.4, 0.5) is 0 Å². The van der Waals surface area contributed by atoms with Gasteiger partial charge in [0.2, 0.25) is 5.91 Å². The number of nitrogens with zero attached hydrogens (tertiary/aromatic N) is 3. The Morgan fingerprint density at radius 1 is 1.38 bits per heavy atom. The van der Waals surface area contributed by atoms with Gasteiger partial charge < -0.3 is 4.90 Å². The van der Waals surface area contributed by atoms with E-state index >= 15 is 0 Å². The van der Waals surface area contributed by atoms with E-state index in [-0.39, 0.29) is 5.92 Å². The van der Waals surface area contributed by atoms with E-state index in [2.05, 4.69) is 24.3 Å². The maximum atomic E-state index is 12.9. The minimum absolute atomic E-state index is 0.126. The summed E-state index contributed by atoms with van der Waals surface area (Å²) in [5.74, 6) is 0.763. The van der Waals surface area contributed by atoms with Crippen LogP contribution in [0.15, 0.2) is 36.7 Å². The fraction of sp³-hybridized carbons (Fsp3) is 0.474. The number of rotatable bonds is 3. The average Bonchev–Trinajstić information content (AvgIpc) is 3.28. The number of hydrogen-bond donors (Lipinski definition) is 0. The molecule has 0 N–H and O–H groups in total. The lowest BCUT2D eigenvalue weighted by Gasteiger charge is -2.33. The zero-order valence-electron chi connectivity index (χ0n) is 13.9. The Labute approximate surface area is 147 Å². The highest BCUT2D eigenvalue weighted by Gasteiger charge is 2.46. The summed E-state index contributed by atoms with van der Waals surface area (Å²) in [5.41, 5.74) is 2.36. The van der Waals surface area contributed by atoms with Crippen LogP contribution in [-0.4, -0.2) is 33.7 Å². The Hall–Kier alpha value is -1.81. The Balaban J connectivity index is 1.42. The molecule has 4 rings (SSSR count). The van der Waals surface area contributed by atoms with E-state index in [0.717, 1.165) is 37.4 Å². The quantitative estimate of drug-likeness (QED) is 0.849. The molecule has 1 aromatic carbocycles. The maximum absolute atomic E-state index is 12.9. The molecule has 3 atom stereocenters. The Kier molecular flexibility index (Phi) is 4.09. The van der Waals surface area contributed by atoms with Crippen molar-refractivity contribution in [1.29, 1.82) is 0 Å². The molecule has 1 aromatic heterocycles. The number of aryl methyl sites for hydroxylation is 1. The van der Waals surface area contributed by atoms with Crippen molar-refractivity contribution in [2.45, 2.75) is 38.1 Å². The van der Waals surface area contributed by atoms with Crippen molar-refractivity contribution < 1.29 is 4.79 Å². The van der Waals surface area contributed by atoms with Gasteiger partial charge in [-0.25, -0.2) is 0 Å². The van der Waals surface area contributed by atoms with Crippen molar-refractivity contribution in [3.8, 4) is 0 Å². The molecule has 1 saturated carbocycles. The second-order valence-corrected chi connectivity index (χ2v) is 7.52. The molecule has 126 valence electrons. The van der Waals surface area contributed by atoms with Crippen LogP contribution < -0.4 is 0 Å². The second-order valence-electron chi connectivity index (χ2n) is 7.08. The van der Waals surface area contributed by atoms with Crippen LogP contribution in [0.3, 0.4) is 0 Å². The number of likely N-dealkylation sites (tertiary alicyclic amines) is 1. The van der Waals surface area contributed by atoms with Crippen molar-refractivity contribution in [1.82, 2.24) is 14.7 Å². The van der Waals surface area contributed by atoms with E-state index in [0.29, 0.717) is 17.9 Å². The molecule has 1 aliphatic carbocycles. The summed E-state index contributed by atoms with van der Waals surface area (Å²) >= 11 is 6.08. The average molecular weight is 344 g/mol. The molecule has 0 radical (unpaired) electrons. The minimum atomic E-state index is 0.126. The molecule has 2 aliphatic rings. The zero-order chi connectivity index (χ0) is 16.7. The topological polar surface area (TPSA) is 38.1 Å². The number of hydrogen-bond acceptors (Lipinski definition) is 2. The first-order chi connectivity index (χ1) is 11.6. The van der Waals surface area contributed by atoms with E-state index in [1.165, 1.54) is 11.1 Å². The van der Waals surface area contributed by atoms with Crippen LogP contribution in [0.2, 0.25) is 5.02 Å². The fourth-order valence-electron chi connectivity index (χ4n) is 3.81. The highest BCUT2D eigenvalue weighted by molar-refractivity contribution is 6.30. The van der Waals surface area contributed by atoms with E-state index in [4.69, 9.17) is 11.6 Å². The van der Waals surface area contributed by atoms with Gasteiger partial charge in [-0.05, 0) is 55.4 Å². The molecule has 24 heavy (non-hydrogen) atoms. The predicted octanol–water partition coefficient (Wildman–Crippen LogP) is 3.81. The second kappa shape index (κ2) is 6.25. The largest absolute Gasteiger partial charge is 0.340 e. The summed E-state index contributed by atoms with van der Waals surface area (Å²) in [7, 11) is 0. The smallest absolute Gasteiger partial charge is 0.226 e. The third-order valence-electron chi connectivity index (χ3n) is 5.20. The molecule has 2 aromatic rings. The molecule has 0 spiro atoms. The van der Waals surface area contributed by atoms with E-state index in [1.54, 1.807) is 0 Å². The maximum Gasteiger partial charge on any atom is 0.226 e. The minimum Gasteiger partial charge on any atom is -0.340 e. The predicted molar refractivity (Wildman–Crippen MR) is 94.1 cm³/mol. The lowest BCUT2D eigenvalue weighted by molar-refractivity contribution is -0.134. The van der Waals surface area contributed by atoms with Crippen molar-refractivity contribution in [2.24, 2.45) is 5.92 Å². The van der Waals surface area contributed by atoms with E-state index < -0.39 is 0 Å². The molecule has 2 fully saturated rings. The highest BCUT2D eigenvalue weighted by atomic mass is 35.5. The summed E-state index contributed by atoms with van der Waals surface area (Å²) < 4.78 is 2.02. The van der Waals surface area contributed by atoms with Crippen molar-refractivity contribution in [2.75, 3.05) is 13.1 Å². The standard InChI is InChI=1S/C19H22ClN3O/c1-13-10-21-23(11-13)16-6-3-7-22(12-16)19(24)18-9-17(18)14-4-2-5-15(20)8-14/h2,4-5,8,10-11,16-18H,3,6-7,9,12H2,1H3/t16-,17-,18+/m1/s1. The molecule has 0 bridgehead atoms. The number of halogens is 1. The van der Waals surface area contributed by atoms with Crippen LogP contribution >= 0.6 is 11.6 Å². The number of piperidine rings is 1. The first-order valence-electron chi connectivity index (χ1n) is 8.67. The lowest BCUT2D eigenvalue weighted by Crippen LogP contribution is -2.41. The Bertz CT molecular complexity index is 757.